The molecule has 6 atom stereocenters. The summed E-state index contributed by atoms with van der Waals surface area (Å²) >= 11 is 0. The zero-order valence-corrected chi connectivity index (χ0v) is 26.1. The van der Waals surface area contributed by atoms with E-state index >= 15 is 0 Å². The van der Waals surface area contributed by atoms with E-state index in [1.54, 1.807) is 32.0 Å². The minimum Gasteiger partial charge on any atom is -0.481 e. The van der Waals surface area contributed by atoms with Crippen LogP contribution in [0.3, 0.4) is 0 Å². The van der Waals surface area contributed by atoms with Crippen molar-refractivity contribution in [3.05, 3.63) is 66.0 Å². The maximum atomic E-state index is 14.0. The Kier molecular flexibility index (Phi) is 11.4. The number of nitrogens with one attached hydrogen (secondary N) is 3. The van der Waals surface area contributed by atoms with E-state index in [1.807, 2.05) is 35.6 Å². The molecule has 3 unspecified atom stereocenters. The Morgan fingerprint density at radius 1 is 0.915 bits per heavy atom. The van der Waals surface area contributed by atoms with Crippen molar-refractivity contribution in [2.75, 3.05) is 6.54 Å². The van der Waals surface area contributed by atoms with Crippen LogP contribution in [0.2, 0.25) is 0 Å². The monoisotopic (exact) mass is 649 g/mol. The topological polar surface area (TPSA) is 212 Å². The number of amides is 5. The Balaban J connectivity index is 1.54. The van der Waals surface area contributed by atoms with Gasteiger partial charge in [0.15, 0.2) is 0 Å². The van der Waals surface area contributed by atoms with Gasteiger partial charge in [-0.25, -0.2) is 0 Å². The third kappa shape index (κ3) is 9.21. The first-order valence-electron chi connectivity index (χ1n) is 15.5. The third-order valence-electron chi connectivity index (χ3n) is 8.38. The Morgan fingerprint density at radius 2 is 1.62 bits per heavy atom. The molecule has 2 aromatic rings. The van der Waals surface area contributed by atoms with Crippen LogP contribution in [0.25, 0.3) is 0 Å². The second kappa shape index (κ2) is 15.4. The highest BCUT2D eigenvalue weighted by Crippen LogP contribution is 2.47. The molecule has 4 rings (SSSR count). The van der Waals surface area contributed by atoms with Crippen molar-refractivity contribution in [1.82, 2.24) is 25.8 Å². The zero-order valence-electron chi connectivity index (χ0n) is 26.1. The van der Waals surface area contributed by atoms with Gasteiger partial charge < -0.3 is 25.7 Å². The first-order chi connectivity index (χ1) is 22.3. The van der Waals surface area contributed by atoms with Crippen LogP contribution in [0.15, 0.2) is 54.7 Å². The van der Waals surface area contributed by atoms with Crippen molar-refractivity contribution in [2.24, 2.45) is 11.8 Å². The van der Waals surface area contributed by atoms with Crippen molar-refractivity contribution in [2.45, 2.75) is 75.9 Å². The van der Waals surface area contributed by atoms with E-state index in [0.717, 1.165) is 10.5 Å². The van der Waals surface area contributed by atoms with Crippen LogP contribution in [0.1, 0.15) is 69.0 Å². The van der Waals surface area contributed by atoms with Crippen molar-refractivity contribution in [3.63, 3.8) is 0 Å². The molecule has 47 heavy (non-hydrogen) atoms. The summed E-state index contributed by atoms with van der Waals surface area (Å²) in [6, 6.07) is 11.2. The Morgan fingerprint density at radius 3 is 2.23 bits per heavy atom. The molecule has 2 fully saturated rings. The van der Waals surface area contributed by atoms with Gasteiger partial charge in [0, 0.05) is 31.1 Å². The molecule has 14 heteroatoms. The van der Waals surface area contributed by atoms with E-state index in [2.05, 4.69) is 15.6 Å². The summed E-state index contributed by atoms with van der Waals surface area (Å²) in [4.78, 5) is 94.0. The Labute approximate surface area is 271 Å². The van der Waals surface area contributed by atoms with Crippen LogP contribution >= 0.6 is 0 Å². The van der Waals surface area contributed by atoms with E-state index in [0.29, 0.717) is 12.1 Å². The molecule has 1 aromatic carbocycles. The highest BCUT2D eigenvalue weighted by Gasteiger charge is 2.47. The highest BCUT2D eigenvalue weighted by atomic mass is 16.4. The van der Waals surface area contributed by atoms with Crippen LogP contribution in [0.4, 0.5) is 0 Å². The summed E-state index contributed by atoms with van der Waals surface area (Å²) in [5.74, 6) is -7.59. The molecular weight excluding hydrogens is 610 g/mol. The van der Waals surface area contributed by atoms with Crippen LogP contribution in [0, 0.1) is 11.8 Å². The van der Waals surface area contributed by atoms with Gasteiger partial charge in [-0.15, -0.1) is 0 Å². The molecule has 1 aliphatic heterocycles. The fourth-order valence-corrected chi connectivity index (χ4v) is 6.02. The fourth-order valence-electron chi connectivity index (χ4n) is 6.02. The van der Waals surface area contributed by atoms with Gasteiger partial charge in [-0.2, -0.15) is 0 Å². The number of hydrogen-bond acceptors (Lipinski definition) is 8. The number of pyridine rings is 1. The lowest BCUT2D eigenvalue weighted by Gasteiger charge is -2.30. The van der Waals surface area contributed by atoms with Crippen molar-refractivity contribution in [3.8, 4) is 0 Å². The number of likely N-dealkylation sites (tertiary alicyclic amines) is 1. The number of carbonyl (C=O) groups is 7. The number of carboxylic acids is 2. The summed E-state index contributed by atoms with van der Waals surface area (Å²) in [6.07, 6.45) is 0.327. The van der Waals surface area contributed by atoms with E-state index < -0.39 is 72.5 Å². The molecule has 0 spiro atoms. The van der Waals surface area contributed by atoms with E-state index in [-0.39, 0.29) is 43.0 Å². The molecular formula is C33H39N5O9. The first-order valence-corrected chi connectivity index (χ1v) is 15.5. The summed E-state index contributed by atoms with van der Waals surface area (Å²) in [7, 11) is 0. The average molecular weight is 650 g/mol. The van der Waals surface area contributed by atoms with E-state index in [4.69, 9.17) is 5.11 Å². The molecule has 1 saturated carbocycles. The lowest BCUT2D eigenvalue weighted by molar-refractivity contribution is -0.146. The maximum Gasteiger partial charge on any atom is 0.312 e. The van der Waals surface area contributed by atoms with Crippen LogP contribution in [-0.4, -0.2) is 86.2 Å². The van der Waals surface area contributed by atoms with Crippen molar-refractivity contribution >= 4 is 41.5 Å². The molecule has 1 aromatic heterocycles. The van der Waals surface area contributed by atoms with Gasteiger partial charge >= 0.3 is 11.9 Å². The molecule has 2 heterocycles. The lowest BCUT2D eigenvalue weighted by Crippen LogP contribution is -2.55. The van der Waals surface area contributed by atoms with Gasteiger partial charge in [0.25, 0.3) is 0 Å². The summed E-state index contributed by atoms with van der Waals surface area (Å²) in [5, 5.41) is 25.9. The second-order valence-corrected chi connectivity index (χ2v) is 12.3. The third-order valence-corrected chi connectivity index (χ3v) is 8.38. The maximum absolute atomic E-state index is 14.0. The summed E-state index contributed by atoms with van der Waals surface area (Å²) in [6.45, 7) is 3.45. The quantitative estimate of drug-likeness (QED) is 0.184. The number of hydrogen-bond donors (Lipinski definition) is 5. The zero-order chi connectivity index (χ0) is 34.2. The molecule has 2 aliphatic rings. The summed E-state index contributed by atoms with van der Waals surface area (Å²) < 4.78 is 0. The predicted molar refractivity (Wildman–Crippen MR) is 165 cm³/mol. The molecule has 1 aliphatic carbocycles. The number of imide groups is 1. The smallest absolute Gasteiger partial charge is 0.312 e. The molecule has 14 nitrogen and oxygen atoms in total. The van der Waals surface area contributed by atoms with Gasteiger partial charge in [0.05, 0.1) is 11.6 Å². The number of carboxylic acid groups (broad SMARTS) is 2. The van der Waals surface area contributed by atoms with Crippen molar-refractivity contribution in [1.29, 1.82) is 0 Å². The standard InChI is InChI=1S/C33H39N5O9/c1-18(2)29(23-10-6-7-13-34-23)32(46)36-24(11-12-27(40)41)33(47)38-17-20(14-25(38)31(45)37-26(39)16-28(42)43)35-30(44)22-15-21(22)19-8-4-3-5-9-19/h3-10,13,18,20-22,24-25,29H,11-12,14-17H2,1-2H3,(H,35,44)(H,36,46)(H,40,41)(H,42,43)(H,37,39,45)/t20-,21?,22?,24-,25-,29?/m0/s1. The molecule has 5 amide bonds. The van der Waals surface area contributed by atoms with Gasteiger partial charge in [-0.05, 0) is 48.8 Å². The average Bonchev–Trinajstić information content (AvgIpc) is 3.72. The number of carbonyl (C=O) groups excluding carboxylic acids is 5. The number of aromatic nitrogens is 1. The van der Waals surface area contributed by atoms with Crippen LogP contribution in [0.5, 0.6) is 0 Å². The SMILES string of the molecule is CC(C)C(C(=O)N[C@@H](CCC(=O)O)C(=O)N1C[C@@H](NC(=O)C2CC2c2ccccc2)C[C@H]1C(=O)NC(=O)CC(=O)O)c1ccccn1. The minimum atomic E-state index is -1.46. The van der Waals surface area contributed by atoms with E-state index in [1.165, 1.54) is 6.20 Å². The molecule has 0 radical (unpaired) electrons. The highest BCUT2D eigenvalue weighted by molar-refractivity contribution is 6.05. The molecule has 1 saturated heterocycles. The van der Waals surface area contributed by atoms with Crippen molar-refractivity contribution < 1.29 is 43.8 Å². The minimum absolute atomic E-state index is 0.0340. The Bertz CT molecular complexity index is 1500. The van der Waals surface area contributed by atoms with Gasteiger partial charge in [0.2, 0.25) is 29.5 Å². The van der Waals surface area contributed by atoms with Gasteiger partial charge in [0.1, 0.15) is 18.5 Å². The number of rotatable bonds is 14. The Hall–Kier alpha value is -5.14. The first kappa shape index (κ1) is 34.7. The summed E-state index contributed by atoms with van der Waals surface area (Å²) in [5.41, 5.74) is 1.48. The number of nitrogens with zero attached hydrogens (tertiary/aromatic N) is 2. The number of aliphatic carboxylic acids is 2. The molecule has 5 N–H and O–H groups in total. The second-order valence-electron chi connectivity index (χ2n) is 12.3. The predicted octanol–water partition coefficient (Wildman–Crippen LogP) is 1.18. The fraction of sp³-hybridized carbons (Fsp3) is 0.455. The van der Waals surface area contributed by atoms with Crippen LogP contribution in [-0.2, 0) is 33.6 Å². The van der Waals surface area contributed by atoms with Gasteiger partial charge in [-0.1, -0.05) is 50.2 Å². The molecule has 0 bridgehead atoms. The molecule has 250 valence electrons. The largest absolute Gasteiger partial charge is 0.481 e. The lowest BCUT2D eigenvalue weighted by atomic mass is 9.90. The van der Waals surface area contributed by atoms with E-state index in [9.17, 15) is 38.7 Å². The van der Waals surface area contributed by atoms with Crippen LogP contribution < -0.4 is 16.0 Å². The van der Waals surface area contributed by atoms with Gasteiger partial charge in [-0.3, -0.25) is 43.9 Å². The number of benzene rings is 1. The normalized spacial score (nSPS) is 21.3.